The number of imidazole rings is 1. The van der Waals surface area contributed by atoms with E-state index < -0.39 is 24.4 Å². The van der Waals surface area contributed by atoms with Crippen molar-refractivity contribution >= 4 is 0 Å². The highest BCUT2D eigenvalue weighted by Crippen LogP contribution is 2.27. The summed E-state index contributed by atoms with van der Waals surface area (Å²) in [6, 6.07) is 0. The second-order valence-corrected chi connectivity index (χ2v) is 4.34. The van der Waals surface area contributed by atoms with Crippen molar-refractivity contribution in [2.24, 2.45) is 0 Å². The molecular formula is C10H15F4N3. The minimum atomic E-state index is -4.06. The molecule has 0 fully saturated rings. The van der Waals surface area contributed by atoms with Gasteiger partial charge in [-0.25, -0.2) is 13.8 Å². The summed E-state index contributed by atoms with van der Waals surface area (Å²) in [5.74, 6) is -4.06. The lowest BCUT2D eigenvalue weighted by molar-refractivity contribution is -0.138. The van der Waals surface area contributed by atoms with E-state index in [1.54, 1.807) is 20.9 Å². The SMILES string of the molecule is CNC(C)(C)c1cncn1CC(F)(F)C(F)F. The summed E-state index contributed by atoms with van der Waals surface area (Å²) in [6.07, 6.45) is -1.17. The van der Waals surface area contributed by atoms with Gasteiger partial charge in [0.15, 0.2) is 0 Å². The molecule has 1 rings (SSSR count). The Morgan fingerprint density at radius 3 is 2.47 bits per heavy atom. The molecule has 0 aliphatic heterocycles. The molecule has 0 saturated heterocycles. The third-order valence-electron chi connectivity index (χ3n) is 2.68. The maximum atomic E-state index is 13.0. The molecule has 7 heteroatoms. The summed E-state index contributed by atoms with van der Waals surface area (Å²) in [5, 5.41) is 2.91. The number of rotatable bonds is 5. The van der Waals surface area contributed by atoms with Crippen LogP contribution in [0, 0.1) is 0 Å². The van der Waals surface area contributed by atoms with Gasteiger partial charge >= 0.3 is 12.3 Å². The molecule has 1 heterocycles. The van der Waals surface area contributed by atoms with Crippen molar-refractivity contribution in [3.8, 4) is 0 Å². The molecule has 0 spiro atoms. The summed E-state index contributed by atoms with van der Waals surface area (Å²) in [4.78, 5) is 3.72. The molecule has 0 saturated carbocycles. The van der Waals surface area contributed by atoms with Crippen molar-refractivity contribution in [2.75, 3.05) is 7.05 Å². The first kappa shape index (κ1) is 14.0. The van der Waals surface area contributed by atoms with Crippen LogP contribution in [0.1, 0.15) is 19.5 Å². The van der Waals surface area contributed by atoms with Crippen LogP contribution in [0.25, 0.3) is 0 Å². The van der Waals surface area contributed by atoms with Crippen LogP contribution in [0.15, 0.2) is 12.5 Å². The highest BCUT2D eigenvalue weighted by Gasteiger charge is 2.42. The summed E-state index contributed by atoms with van der Waals surface area (Å²) < 4.78 is 51.2. The van der Waals surface area contributed by atoms with E-state index in [4.69, 9.17) is 0 Å². The predicted molar refractivity (Wildman–Crippen MR) is 55.3 cm³/mol. The Balaban J connectivity index is 2.98. The standard InChI is InChI=1S/C10H15F4N3/c1-9(2,15-3)7-4-16-6-17(7)5-10(13,14)8(11)12/h4,6,8,15H,5H2,1-3H3. The van der Waals surface area contributed by atoms with Gasteiger partial charge in [-0.05, 0) is 20.9 Å². The first-order chi connectivity index (χ1) is 7.70. The zero-order valence-electron chi connectivity index (χ0n) is 9.85. The molecule has 98 valence electrons. The summed E-state index contributed by atoms with van der Waals surface area (Å²) >= 11 is 0. The lowest BCUT2D eigenvalue weighted by Crippen LogP contribution is -2.38. The zero-order valence-corrected chi connectivity index (χ0v) is 9.85. The van der Waals surface area contributed by atoms with Crippen molar-refractivity contribution in [2.45, 2.75) is 38.3 Å². The Hall–Kier alpha value is -1.11. The Kier molecular flexibility index (Phi) is 3.81. The van der Waals surface area contributed by atoms with Gasteiger partial charge < -0.3 is 9.88 Å². The molecule has 0 aliphatic carbocycles. The quantitative estimate of drug-likeness (QED) is 0.815. The van der Waals surface area contributed by atoms with E-state index in [9.17, 15) is 17.6 Å². The molecule has 3 nitrogen and oxygen atoms in total. The minimum Gasteiger partial charge on any atom is -0.327 e. The summed E-state index contributed by atoms with van der Waals surface area (Å²) in [6.45, 7) is 2.42. The number of alkyl halides is 4. The average Bonchev–Trinajstić information content (AvgIpc) is 2.65. The Morgan fingerprint density at radius 2 is 2.00 bits per heavy atom. The number of nitrogens with zero attached hydrogens (tertiary/aromatic N) is 2. The zero-order chi connectivity index (χ0) is 13.3. The molecule has 0 aromatic carbocycles. The van der Waals surface area contributed by atoms with Crippen LogP contribution >= 0.6 is 0 Å². The van der Waals surface area contributed by atoms with E-state index in [1.807, 2.05) is 0 Å². The molecule has 0 unspecified atom stereocenters. The summed E-state index contributed by atoms with van der Waals surface area (Å²) in [7, 11) is 1.66. The van der Waals surface area contributed by atoms with Crippen LogP contribution in [0.4, 0.5) is 17.6 Å². The van der Waals surface area contributed by atoms with Gasteiger partial charge in [-0.2, -0.15) is 8.78 Å². The maximum Gasteiger partial charge on any atom is 0.324 e. The Bertz CT molecular complexity index is 373. The molecular weight excluding hydrogens is 238 g/mol. The van der Waals surface area contributed by atoms with Crippen LogP contribution in [0.2, 0.25) is 0 Å². The van der Waals surface area contributed by atoms with E-state index in [2.05, 4.69) is 10.3 Å². The monoisotopic (exact) mass is 253 g/mol. The highest BCUT2D eigenvalue weighted by molar-refractivity contribution is 5.11. The topological polar surface area (TPSA) is 29.9 Å². The molecule has 0 aliphatic rings. The number of nitrogens with one attached hydrogen (secondary N) is 1. The van der Waals surface area contributed by atoms with E-state index in [0.29, 0.717) is 5.69 Å². The third-order valence-corrected chi connectivity index (χ3v) is 2.68. The molecule has 0 amide bonds. The van der Waals surface area contributed by atoms with Gasteiger partial charge in [0.1, 0.15) is 0 Å². The van der Waals surface area contributed by atoms with Gasteiger partial charge in [-0.15, -0.1) is 0 Å². The minimum absolute atomic E-state index is 0.431. The largest absolute Gasteiger partial charge is 0.327 e. The molecule has 1 N–H and O–H groups in total. The molecule has 0 bridgehead atoms. The number of aromatic nitrogens is 2. The third kappa shape index (κ3) is 2.96. The van der Waals surface area contributed by atoms with Crippen LogP contribution in [-0.4, -0.2) is 28.9 Å². The van der Waals surface area contributed by atoms with Gasteiger partial charge in [0.25, 0.3) is 0 Å². The van der Waals surface area contributed by atoms with E-state index >= 15 is 0 Å². The first-order valence-corrected chi connectivity index (χ1v) is 5.06. The second-order valence-electron chi connectivity index (χ2n) is 4.34. The fourth-order valence-electron chi connectivity index (χ4n) is 1.39. The van der Waals surface area contributed by atoms with Crippen molar-refractivity contribution in [3.05, 3.63) is 18.2 Å². The molecule has 1 aromatic rings. The van der Waals surface area contributed by atoms with Crippen molar-refractivity contribution in [3.63, 3.8) is 0 Å². The van der Waals surface area contributed by atoms with Gasteiger partial charge in [0.2, 0.25) is 0 Å². The van der Waals surface area contributed by atoms with Gasteiger partial charge in [0.05, 0.1) is 24.1 Å². The van der Waals surface area contributed by atoms with E-state index in [1.165, 1.54) is 6.20 Å². The van der Waals surface area contributed by atoms with Crippen LogP contribution < -0.4 is 5.32 Å². The second kappa shape index (κ2) is 4.64. The molecule has 0 atom stereocenters. The molecule has 17 heavy (non-hydrogen) atoms. The smallest absolute Gasteiger partial charge is 0.324 e. The van der Waals surface area contributed by atoms with Gasteiger partial charge in [0, 0.05) is 6.20 Å². The number of hydrogen-bond donors (Lipinski definition) is 1. The molecule has 0 radical (unpaired) electrons. The Labute approximate surface area is 96.8 Å². The lowest BCUT2D eigenvalue weighted by atomic mass is 10.0. The fourth-order valence-corrected chi connectivity index (χ4v) is 1.39. The maximum absolute atomic E-state index is 13.0. The average molecular weight is 253 g/mol. The van der Waals surface area contributed by atoms with Crippen LogP contribution in [-0.2, 0) is 12.1 Å². The lowest BCUT2D eigenvalue weighted by Gasteiger charge is -2.27. The van der Waals surface area contributed by atoms with Crippen molar-refractivity contribution in [1.29, 1.82) is 0 Å². The van der Waals surface area contributed by atoms with Gasteiger partial charge in [-0.3, -0.25) is 0 Å². The molecule has 1 aromatic heterocycles. The first-order valence-electron chi connectivity index (χ1n) is 5.06. The number of hydrogen-bond acceptors (Lipinski definition) is 2. The Morgan fingerprint density at radius 1 is 1.41 bits per heavy atom. The van der Waals surface area contributed by atoms with Crippen LogP contribution in [0.5, 0.6) is 0 Å². The van der Waals surface area contributed by atoms with Crippen molar-refractivity contribution in [1.82, 2.24) is 14.9 Å². The highest BCUT2D eigenvalue weighted by atomic mass is 19.3. The predicted octanol–water partition coefficient (Wildman–Crippen LogP) is 2.24. The normalized spacial score (nSPS) is 13.4. The van der Waals surface area contributed by atoms with Gasteiger partial charge in [-0.1, -0.05) is 0 Å². The van der Waals surface area contributed by atoms with E-state index in [0.717, 1.165) is 10.9 Å². The number of halogens is 4. The van der Waals surface area contributed by atoms with Crippen LogP contribution in [0.3, 0.4) is 0 Å². The van der Waals surface area contributed by atoms with Crippen molar-refractivity contribution < 1.29 is 17.6 Å². The fraction of sp³-hybridized carbons (Fsp3) is 0.700. The van der Waals surface area contributed by atoms with E-state index in [-0.39, 0.29) is 0 Å². The summed E-state index contributed by atoms with van der Waals surface area (Å²) in [5.41, 5.74) is -0.186.